The van der Waals surface area contributed by atoms with E-state index in [1.165, 1.54) is 18.9 Å². The fourth-order valence-electron chi connectivity index (χ4n) is 1.67. The summed E-state index contributed by atoms with van der Waals surface area (Å²) in [5, 5.41) is 3.28. The van der Waals surface area contributed by atoms with E-state index in [1.54, 1.807) is 6.07 Å². The van der Waals surface area contributed by atoms with Crippen molar-refractivity contribution in [2.45, 2.75) is 45.6 Å². The van der Waals surface area contributed by atoms with Crippen LogP contribution in [0.2, 0.25) is 0 Å². The molecule has 0 spiro atoms. The number of anilines is 1. The van der Waals surface area contributed by atoms with E-state index in [9.17, 15) is 4.39 Å². The van der Waals surface area contributed by atoms with E-state index in [4.69, 9.17) is 0 Å². The quantitative estimate of drug-likeness (QED) is 0.779. The molecule has 0 aliphatic rings. The first-order valence-electron chi connectivity index (χ1n) is 5.89. The number of rotatable bonds is 6. The van der Waals surface area contributed by atoms with E-state index in [2.05, 4.69) is 35.1 Å². The maximum absolute atomic E-state index is 13.6. The fraction of sp³-hybridized carbons (Fsp3) is 0.538. The Balaban J connectivity index is 2.69. The standard InChI is InChI=1S/C13H19BrFN/c1-3-5-7-10(4-2)16-13-11(14)8-6-9-12(13)15/h6,8-10,16H,3-5,7H2,1-2H3. The lowest BCUT2D eigenvalue weighted by atomic mass is 10.1. The van der Waals surface area contributed by atoms with Gasteiger partial charge >= 0.3 is 0 Å². The van der Waals surface area contributed by atoms with E-state index < -0.39 is 0 Å². The number of unbranched alkanes of at least 4 members (excludes halogenated alkanes) is 1. The molecule has 0 saturated heterocycles. The van der Waals surface area contributed by atoms with Crippen LogP contribution in [0.15, 0.2) is 22.7 Å². The average Bonchev–Trinajstić information content (AvgIpc) is 2.28. The van der Waals surface area contributed by atoms with Crippen molar-refractivity contribution in [2.75, 3.05) is 5.32 Å². The Hall–Kier alpha value is -0.570. The van der Waals surface area contributed by atoms with Gasteiger partial charge in [0.25, 0.3) is 0 Å². The van der Waals surface area contributed by atoms with Gasteiger partial charge in [-0.1, -0.05) is 32.8 Å². The Bertz CT molecular complexity index is 307. The van der Waals surface area contributed by atoms with Crippen LogP contribution in [0.1, 0.15) is 39.5 Å². The molecule has 1 nitrogen and oxygen atoms in total. The summed E-state index contributed by atoms with van der Waals surface area (Å²) >= 11 is 3.37. The molecule has 3 heteroatoms. The van der Waals surface area contributed by atoms with Crippen LogP contribution >= 0.6 is 15.9 Å². The number of nitrogens with one attached hydrogen (secondary N) is 1. The van der Waals surface area contributed by atoms with Crippen LogP contribution in [0.5, 0.6) is 0 Å². The first-order chi connectivity index (χ1) is 7.69. The summed E-state index contributed by atoms with van der Waals surface area (Å²) in [5.41, 5.74) is 0.588. The molecule has 0 fully saturated rings. The van der Waals surface area contributed by atoms with Crippen LogP contribution in [0.25, 0.3) is 0 Å². The number of para-hydroxylation sites is 1. The van der Waals surface area contributed by atoms with Crippen LogP contribution < -0.4 is 5.32 Å². The van der Waals surface area contributed by atoms with Crippen LogP contribution in [-0.2, 0) is 0 Å². The third-order valence-corrected chi connectivity index (χ3v) is 3.37. The number of hydrogen-bond donors (Lipinski definition) is 1. The molecule has 1 N–H and O–H groups in total. The Morgan fingerprint density at radius 1 is 1.38 bits per heavy atom. The molecule has 1 atom stereocenters. The predicted molar refractivity (Wildman–Crippen MR) is 71.3 cm³/mol. The first-order valence-corrected chi connectivity index (χ1v) is 6.68. The van der Waals surface area contributed by atoms with Crippen molar-refractivity contribution in [1.82, 2.24) is 0 Å². The first kappa shape index (κ1) is 13.5. The Labute approximate surface area is 106 Å². The zero-order valence-corrected chi connectivity index (χ0v) is 11.5. The number of halogens is 2. The zero-order chi connectivity index (χ0) is 12.0. The fourth-order valence-corrected chi connectivity index (χ4v) is 2.13. The third-order valence-electron chi connectivity index (χ3n) is 2.71. The molecule has 0 aliphatic heterocycles. The van der Waals surface area contributed by atoms with E-state index in [0.29, 0.717) is 11.7 Å². The lowest BCUT2D eigenvalue weighted by Gasteiger charge is -2.19. The normalized spacial score (nSPS) is 12.5. The van der Waals surface area contributed by atoms with Crippen LogP contribution in [0.3, 0.4) is 0 Å². The van der Waals surface area contributed by atoms with E-state index in [0.717, 1.165) is 17.3 Å². The van der Waals surface area contributed by atoms with Gasteiger partial charge in [-0.15, -0.1) is 0 Å². The van der Waals surface area contributed by atoms with Crippen molar-refractivity contribution in [2.24, 2.45) is 0 Å². The minimum atomic E-state index is -0.190. The molecule has 0 amide bonds. The van der Waals surface area contributed by atoms with Crippen molar-refractivity contribution in [3.05, 3.63) is 28.5 Å². The second-order valence-corrected chi connectivity index (χ2v) is 4.84. The molecular weight excluding hydrogens is 269 g/mol. The van der Waals surface area contributed by atoms with Gasteiger partial charge in [-0.3, -0.25) is 0 Å². The van der Waals surface area contributed by atoms with Crippen LogP contribution in [0.4, 0.5) is 10.1 Å². The summed E-state index contributed by atoms with van der Waals surface area (Å²) in [6.07, 6.45) is 4.46. The van der Waals surface area contributed by atoms with Gasteiger partial charge < -0.3 is 5.32 Å². The predicted octanol–water partition coefficient (Wildman–Crippen LogP) is 4.97. The molecule has 0 bridgehead atoms. The molecule has 0 aliphatic carbocycles. The van der Waals surface area contributed by atoms with Crippen LogP contribution in [0, 0.1) is 5.82 Å². The van der Waals surface area contributed by atoms with Gasteiger partial charge in [-0.2, -0.15) is 0 Å². The lowest BCUT2D eigenvalue weighted by Crippen LogP contribution is -2.19. The van der Waals surface area contributed by atoms with Gasteiger partial charge in [-0.05, 0) is 40.9 Å². The summed E-state index contributed by atoms with van der Waals surface area (Å²) in [5.74, 6) is -0.190. The molecule has 90 valence electrons. The van der Waals surface area contributed by atoms with Crippen LogP contribution in [-0.4, -0.2) is 6.04 Å². The Morgan fingerprint density at radius 2 is 2.12 bits per heavy atom. The molecule has 0 radical (unpaired) electrons. The lowest BCUT2D eigenvalue weighted by molar-refractivity contribution is 0.580. The van der Waals surface area contributed by atoms with E-state index in [1.807, 2.05) is 6.07 Å². The molecular formula is C13H19BrFN. The van der Waals surface area contributed by atoms with E-state index in [-0.39, 0.29) is 5.82 Å². The Kier molecular flexibility index (Phi) is 5.81. The summed E-state index contributed by atoms with van der Waals surface area (Å²) in [6.45, 7) is 4.30. The van der Waals surface area contributed by atoms with Gasteiger partial charge in [0.15, 0.2) is 0 Å². The molecule has 1 aromatic rings. The molecule has 0 aromatic heterocycles. The summed E-state index contributed by atoms with van der Waals surface area (Å²) in [4.78, 5) is 0. The molecule has 1 rings (SSSR count). The summed E-state index contributed by atoms with van der Waals surface area (Å²) in [6, 6.07) is 5.41. The third kappa shape index (κ3) is 3.78. The monoisotopic (exact) mass is 287 g/mol. The van der Waals surface area contributed by atoms with Crippen molar-refractivity contribution in [1.29, 1.82) is 0 Å². The van der Waals surface area contributed by atoms with Gasteiger partial charge in [0.2, 0.25) is 0 Å². The maximum Gasteiger partial charge on any atom is 0.147 e. The zero-order valence-electron chi connectivity index (χ0n) is 9.89. The topological polar surface area (TPSA) is 12.0 Å². The van der Waals surface area contributed by atoms with Gasteiger partial charge in [0, 0.05) is 10.5 Å². The molecule has 1 aromatic carbocycles. The molecule has 1 unspecified atom stereocenters. The molecule has 0 saturated carbocycles. The SMILES string of the molecule is CCCCC(CC)Nc1c(F)cccc1Br. The Morgan fingerprint density at radius 3 is 2.69 bits per heavy atom. The van der Waals surface area contributed by atoms with Gasteiger partial charge in [0.1, 0.15) is 5.82 Å². The summed E-state index contributed by atoms with van der Waals surface area (Å²) in [7, 11) is 0. The number of benzene rings is 1. The summed E-state index contributed by atoms with van der Waals surface area (Å²) < 4.78 is 14.4. The maximum atomic E-state index is 13.6. The molecule has 16 heavy (non-hydrogen) atoms. The van der Waals surface area contributed by atoms with Crippen molar-refractivity contribution in [3.8, 4) is 0 Å². The highest BCUT2D eigenvalue weighted by Crippen LogP contribution is 2.27. The second-order valence-electron chi connectivity index (χ2n) is 3.99. The molecule has 0 heterocycles. The van der Waals surface area contributed by atoms with E-state index >= 15 is 0 Å². The smallest absolute Gasteiger partial charge is 0.147 e. The van der Waals surface area contributed by atoms with Crippen molar-refractivity contribution >= 4 is 21.6 Å². The second kappa shape index (κ2) is 6.89. The average molecular weight is 288 g/mol. The van der Waals surface area contributed by atoms with Crippen molar-refractivity contribution in [3.63, 3.8) is 0 Å². The van der Waals surface area contributed by atoms with Crippen molar-refractivity contribution < 1.29 is 4.39 Å². The minimum Gasteiger partial charge on any atom is -0.379 e. The number of hydrogen-bond acceptors (Lipinski definition) is 1. The highest BCUT2D eigenvalue weighted by atomic mass is 79.9. The largest absolute Gasteiger partial charge is 0.379 e. The van der Waals surface area contributed by atoms with Gasteiger partial charge in [-0.25, -0.2) is 4.39 Å². The highest BCUT2D eigenvalue weighted by molar-refractivity contribution is 9.10. The van der Waals surface area contributed by atoms with Gasteiger partial charge in [0.05, 0.1) is 5.69 Å². The highest BCUT2D eigenvalue weighted by Gasteiger charge is 2.11. The minimum absolute atomic E-state index is 0.190.